The first-order valence-electron chi connectivity index (χ1n) is 11.0. The van der Waals surface area contributed by atoms with Gasteiger partial charge in [-0.1, -0.05) is 12.1 Å². The molecule has 3 aromatic carbocycles. The summed E-state index contributed by atoms with van der Waals surface area (Å²) in [7, 11) is 0. The molecule has 5 rings (SSSR count). The molecule has 2 heterocycles. The lowest BCUT2D eigenvalue weighted by molar-refractivity contribution is 0.160. The van der Waals surface area contributed by atoms with Crippen molar-refractivity contribution < 1.29 is 18.0 Å². The second-order valence-electron chi connectivity index (χ2n) is 8.87. The number of rotatable bonds is 3. The van der Waals surface area contributed by atoms with Crippen molar-refractivity contribution in [3.8, 4) is 0 Å². The molecular formula is C26H24F3N3O. The molecule has 0 unspecified atom stereocenters. The Balaban J connectivity index is 1.33. The summed E-state index contributed by atoms with van der Waals surface area (Å²) < 4.78 is 40.6. The Morgan fingerprint density at radius 1 is 0.848 bits per heavy atom. The molecule has 0 radical (unpaired) electrons. The minimum atomic E-state index is -0.374. The van der Waals surface area contributed by atoms with Crippen LogP contribution in [0.1, 0.15) is 24.0 Å². The van der Waals surface area contributed by atoms with Gasteiger partial charge in [-0.15, -0.1) is 0 Å². The SMILES string of the molecule is O=C(Nc1ccc(F)cc1)N1CC2(CCN(Cc3ccc(F)cc3)CC2)c2cc(F)ccc21. The molecule has 0 saturated carbocycles. The Kier molecular flexibility index (Phi) is 5.58. The Morgan fingerprint density at radius 3 is 2.12 bits per heavy atom. The molecule has 1 N–H and O–H groups in total. The van der Waals surface area contributed by atoms with Crippen LogP contribution in [0.2, 0.25) is 0 Å². The molecule has 0 atom stereocenters. The number of nitrogens with zero attached hydrogens (tertiary/aromatic N) is 2. The smallest absolute Gasteiger partial charge is 0.308 e. The topological polar surface area (TPSA) is 35.6 Å². The standard InChI is InChI=1S/C26H24F3N3O/c27-19-3-1-18(2-4-19)16-31-13-11-26(12-14-31)17-32(24-10-7-21(29)15-23(24)26)25(33)30-22-8-5-20(28)6-9-22/h1-10,15H,11-14,16-17H2,(H,30,33). The highest BCUT2D eigenvalue weighted by atomic mass is 19.1. The second-order valence-corrected chi connectivity index (χ2v) is 8.87. The first-order chi connectivity index (χ1) is 15.9. The van der Waals surface area contributed by atoms with Gasteiger partial charge in [0.15, 0.2) is 0 Å². The third kappa shape index (κ3) is 4.33. The monoisotopic (exact) mass is 451 g/mol. The predicted octanol–water partition coefficient (Wildman–Crippen LogP) is 5.69. The molecule has 4 nitrogen and oxygen atoms in total. The molecule has 0 bridgehead atoms. The number of urea groups is 1. The summed E-state index contributed by atoms with van der Waals surface area (Å²) in [5, 5.41) is 2.82. The summed E-state index contributed by atoms with van der Waals surface area (Å²) in [6.07, 6.45) is 1.57. The number of likely N-dealkylation sites (tertiary alicyclic amines) is 1. The molecule has 2 aliphatic heterocycles. The molecule has 1 saturated heterocycles. The van der Waals surface area contributed by atoms with E-state index in [0.29, 0.717) is 17.9 Å². The van der Waals surface area contributed by atoms with Crippen LogP contribution < -0.4 is 10.2 Å². The quantitative estimate of drug-likeness (QED) is 0.555. The lowest BCUT2D eigenvalue weighted by Crippen LogP contribution is -2.46. The summed E-state index contributed by atoms with van der Waals surface area (Å²) in [4.78, 5) is 17.1. The second kappa shape index (κ2) is 8.56. The van der Waals surface area contributed by atoms with Gasteiger partial charge >= 0.3 is 6.03 Å². The summed E-state index contributed by atoms with van der Waals surface area (Å²) in [6.45, 7) is 2.77. The van der Waals surface area contributed by atoms with Gasteiger partial charge in [0.1, 0.15) is 17.5 Å². The average Bonchev–Trinajstić information content (AvgIpc) is 3.12. The zero-order valence-electron chi connectivity index (χ0n) is 18.0. The molecule has 7 heteroatoms. The molecule has 2 amide bonds. The third-order valence-electron chi connectivity index (χ3n) is 6.75. The van der Waals surface area contributed by atoms with Gasteiger partial charge in [-0.25, -0.2) is 18.0 Å². The van der Waals surface area contributed by atoms with Crippen molar-refractivity contribution in [2.75, 3.05) is 29.9 Å². The van der Waals surface area contributed by atoms with E-state index in [1.807, 2.05) is 0 Å². The number of hydrogen-bond donors (Lipinski definition) is 1. The van der Waals surface area contributed by atoms with Gasteiger partial charge in [-0.2, -0.15) is 0 Å². The maximum Gasteiger partial charge on any atom is 0.326 e. The van der Waals surface area contributed by atoms with Gasteiger partial charge < -0.3 is 5.32 Å². The highest BCUT2D eigenvalue weighted by Crippen LogP contribution is 2.47. The first kappa shape index (κ1) is 21.5. The van der Waals surface area contributed by atoms with E-state index in [9.17, 15) is 18.0 Å². The Hall–Kier alpha value is -3.32. The van der Waals surface area contributed by atoms with E-state index in [2.05, 4.69) is 10.2 Å². The largest absolute Gasteiger partial charge is 0.326 e. The van der Waals surface area contributed by atoms with Crippen molar-refractivity contribution in [1.29, 1.82) is 0 Å². The summed E-state index contributed by atoms with van der Waals surface area (Å²) >= 11 is 0. The van der Waals surface area contributed by atoms with Crippen LogP contribution in [0.25, 0.3) is 0 Å². The van der Waals surface area contributed by atoms with Crippen LogP contribution in [0.4, 0.5) is 29.3 Å². The molecule has 1 fully saturated rings. The van der Waals surface area contributed by atoms with Crippen molar-refractivity contribution in [3.05, 3.63) is 95.3 Å². The number of piperidine rings is 1. The number of carbonyl (C=O) groups excluding carboxylic acids is 1. The van der Waals surface area contributed by atoms with E-state index < -0.39 is 0 Å². The van der Waals surface area contributed by atoms with Gasteiger partial charge in [0.05, 0.1) is 0 Å². The first-order valence-corrected chi connectivity index (χ1v) is 11.0. The van der Waals surface area contributed by atoms with Gasteiger partial charge in [0.25, 0.3) is 0 Å². The number of anilines is 2. The van der Waals surface area contributed by atoms with Crippen LogP contribution in [-0.2, 0) is 12.0 Å². The summed E-state index contributed by atoms with van der Waals surface area (Å²) in [6, 6.07) is 16.4. The Labute approximate surface area is 190 Å². The predicted molar refractivity (Wildman–Crippen MR) is 122 cm³/mol. The molecule has 33 heavy (non-hydrogen) atoms. The zero-order valence-corrected chi connectivity index (χ0v) is 18.0. The highest BCUT2D eigenvalue weighted by Gasteiger charge is 2.46. The third-order valence-corrected chi connectivity index (χ3v) is 6.75. The molecular weight excluding hydrogens is 427 g/mol. The van der Waals surface area contributed by atoms with Crippen LogP contribution in [0.15, 0.2) is 66.7 Å². The van der Waals surface area contributed by atoms with E-state index in [4.69, 9.17) is 0 Å². The number of halogens is 3. The van der Waals surface area contributed by atoms with Crippen molar-refractivity contribution in [2.24, 2.45) is 0 Å². The summed E-state index contributed by atoms with van der Waals surface area (Å²) in [5.41, 5.74) is 2.79. The van der Waals surface area contributed by atoms with Crippen molar-refractivity contribution in [3.63, 3.8) is 0 Å². The lowest BCUT2D eigenvalue weighted by Gasteiger charge is -2.40. The maximum atomic E-state index is 14.2. The normalized spacial score (nSPS) is 17.2. The fourth-order valence-electron chi connectivity index (χ4n) is 4.96. The molecule has 1 spiro atoms. The maximum absolute atomic E-state index is 14.2. The minimum absolute atomic E-state index is 0.250. The fourth-order valence-corrected chi connectivity index (χ4v) is 4.96. The van der Waals surface area contributed by atoms with E-state index in [1.54, 1.807) is 29.2 Å². The van der Waals surface area contributed by atoms with E-state index >= 15 is 0 Å². The molecule has 2 aliphatic rings. The number of carbonyl (C=O) groups is 1. The molecule has 170 valence electrons. The summed E-state index contributed by atoms with van der Waals surface area (Å²) in [5.74, 6) is -0.941. The van der Waals surface area contributed by atoms with Crippen LogP contribution in [0, 0.1) is 17.5 Å². The van der Waals surface area contributed by atoms with Crippen molar-refractivity contribution in [2.45, 2.75) is 24.8 Å². The number of amides is 2. The number of nitrogens with one attached hydrogen (secondary N) is 1. The van der Waals surface area contributed by atoms with E-state index in [0.717, 1.165) is 43.6 Å². The van der Waals surface area contributed by atoms with Crippen LogP contribution in [0.3, 0.4) is 0 Å². The van der Waals surface area contributed by atoms with Crippen LogP contribution >= 0.6 is 0 Å². The Morgan fingerprint density at radius 2 is 1.45 bits per heavy atom. The van der Waals surface area contributed by atoms with Crippen molar-refractivity contribution >= 4 is 17.4 Å². The van der Waals surface area contributed by atoms with Gasteiger partial charge in [0, 0.05) is 29.9 Å². The van der Waals surface area contributed by atoms with Crippen LogP contribution in [0.5, 0.6) is 0 Å². The highest BCUT2D eigenvalue weighted by molar-refractivity contribution is 6.03. The number of fused-ring (bicyclic) bond motifs is 2. The minimum Gasteiger partial charge on any atom is -0.308 e. The van der Waals surface area contributed by atoms with Crippen LogP contribution in [-0.4, -0.2) is 30.6 Å². The van der Waals surface area contributed by atoms with E-state index in [-0.39, 0.29) is 28.9 Å². The number of benzene rings is 3. The Bertz CT molecular complexity index is 1160. The lowest BCUT2D eigenvalue weighted by atomic mass is 9.74. The number of hydrogen-bond acceptors (Lipinski definition) is 2. The molecule has 0 aliphatic carbocycles. The zero-order chi connectivity index (χ0) is 23.0. The molecule has 3 aromatic rings. The van der Waals surface area contributed by atoms with Gasteiger partial charge in [-0.3, -0.25) is 9.80 Å². The van der Waals surface area contributed by atoms with Gasteiger partial charge in [-0.05, 0) is 91.7 Å². The van der Waals surface area contributed by atoms with E-state index in [1.165, 1.54) is 42.5 Å². The average molecular weight is 451 g/mol. The fraction of sp³-hybridized carbons (Fsp3) is 0.269. The van der Waals surface area contributed by atoms with Crippen molar-refractivity contribution in [1.82, 2.24) is 4.90 Å². The molecule has 0 aromatic heterocycles. The van der Waals surface area contributed by atoms with Gasteiger partial charge in [0.2, 0.25) is 0 Å².